The number of nitrogens with one attached hydrogen (secondary N) is 1. The molecule has 1 N–H and O–H groups in total. The van der Waals surface area contributed by atoms with Gasteiger partial charge in [-0.25, -0.2) is 4.39 Å². The molecule has 8 heteroatoms. The Hall–Kier alpha value is -2.10. The van der Waals surface area contributed by atoms with Gasteiger partial charge in [0.2, 0.25) is 0 Å². The molecule has 1 aliphatic heterocycles. The number of amides is 1. The molecule has 0 spiro atoms. The van der Waals surface area contributed by atoms with E-state index in [9.17, 15) is 9.18 Å². The van der Waals surface area contributed by atoms with Crippen LogP contribution >= 0.6 is 24.0 Å². The van der Waals surface area contributed by atoms with Crippen LogP contribution in [0.15, 0.2) is 46.0 Å². The van der Waals surface area contributed by atoms with E-state index in [0.29, 0.717) is 44.0 Å². The van der Waals surface area contributed by atoms with Crippen molar-refractivity contribution in [1.82, 2.24) is 15.1 Å². The highest BCUT2D eigenvalue weighted by Crippen LogP contribution is 2.11. The topological polar surface area (TPSA) is 61.1 Å². The van der Waals surface area contributed by atoms with Crippen LogP contribution in [0.1, 0.15) is 21.7 Å². The molecule has 1 aromatic carbocycles. The fourth-order valence-corrected chi connectivity index (χ4v) is 3.01. The summed E-state index contributed by atoms with van der Waals surface area (Å²) >= 11 is 0. The van der Waals surface area contributed by atoms with Gasteiger partial charge in [-0.2, -0.15) is 0 Å². The number of hydrogen-bond donors (Lipinski definition) is 1. The Morgan fingerprint density at radius 2 is 1.93 bits per heavy atom. The highest BCUT2D eigenvalue weighted by molar-refractivity contribution is 14.0. The molecule has 1 amide bonds. The first-order valence-electron chi connectivity index (χ1n) is 8.62. The molecule has 0 radical (unpaired) electrons. The Bertz CT molecular complexity index is 787. The number of furan rings is 1. The lowest BCUT2D eigenvalue weighted by Gasteiger charge is -2.36. The number of carbonyl (C=O) groups is 1. The van der Waals surface area contributed by atoms with Gasteiger partial charge in [0.15, 0.2) is 11.7 Å². The molecule has 3 rings (SSSR count). The number of aliphatic imine (C=N–C) groups is 1. The van der Waals surface area contributed by atoms with Crippen LogP contribution in [0.5, 0.6) is 0 Å². The number of aryl methyl sites for hydroxylation is 1. The molecule has 0 unspecified atom stereocenters. The average Bonchev–Trinajstić information content (AvgIpc) is 3.20. The summed E-state index contributed by atoms with van der Waals surface area (Å²) in [7, 11) is 1.73. The van der Waals surface area contributed by atoms with Gasteiger partial charge in [-0.15, -0.1) is 24.0 Å². The van der Waals surface area contributed by atoms with Crippen LogP contribution < -0.4 is 5.32 Å². The number of benzene rings is 1. The zero-order valence-corrected chi connectivity index (χ0v) is 17.8. The summed E-state index contributed by atoms with van der Waals surface area (Å²) in [6.45, 7) is 4.91. The smallest absolute Gasteiger partial charge is 0.289 e. The lowest BCUT2D eigenvalue weighted by atomic mass is 10.1. The zero-order valence-electron chi connectivity index (χ0n) is 15.4. The normalized spacial score (nSPS) is 14.7. The molecule has 2 aromatic rings. The molecule has 6 nitrogen and oxygen atoms in total. The van der Waals surface area contributed by atoms with Crippen LogP contribution in [0.2, 0.25) is 0 Å². The molecule has 1 aromatic heterocycles. The highest BCUT2D eigenvalue weighted by Gasteiger charge is 2.25. The first kappa shape index (κ1) is 21.2. The Kier molecular flexibility index (Phi) is 7.64. The summed E-state index contributed by atoms with van der Waals surface area (Å²) in [5, 5.41) is 3.31. The minimum Gasteiger partial charge on any atom is -0.459 e. The molecular formula is C19H24FIN4O2. The van der Waals surface area contributed by atoms with Gasteiger partial charge in [-0.3, -0.25) is 9.79 Å². The largest absolute Gasteiger partial charge is 0.459 e. The van der Waals surface area contributed by atoms with Crippen molar-refractivity contribution in [2.24, 2.45) is 4.99 Å². The van der Waals surface area contributed by atoms with Crippen molar-refractivity contribution in [1.29, 1.82) is 0 Å². The van der Waals surface area contributed by atoms with E-state index in [1.54, 1.807) is 37.1 Å². The van der Waals surface area contributed by atoms with Gasteiger partial charge in [0.25, 0.3) is 5.91 Å². The van der Waals surface area contributed by atoms with E-state index < -0.39 is 0 Å². The van der Waals surface area contributed by atoms with Crippen molar-refractivity contribution in [3.63, 3.8) is 0 Å². The van der Waals surface area contributed by atoms with Gasteiger partial charge < -0.3 is 19.5 Å². The number of piperazine rings is 1. The van der Waals surface area contributed by atoms with Crippen LogP contribution in [0.25, 0.3) is 0 Å². The maximum atomic E-state index is 13.4. The van der Waals surface area contributed by atoms with Crippen LogP contribution in [0.4, 0.5) is 4.39 Å². The molecular weight excluding hydrogens is 462 g/mol. The van der Waals surface area contributed by atoms with Gasteiger partial charge >= 0.3 is 0 Å². The molecule has 2 heterocycles. The molecule has 0 bridgehead atoms. The second kappa shape index (κ2) is 9.72. The molecule has 1 fully saturated rings. The first-order valence-corrected chi connectivity index (χ1v) is 8.62. The summed E-state index contributed by atoms with van der Waals surface area (Å²) in [6, 6.07) is 8.47. The fourth-order valence-electron chi connectivity index (χ4n) is 3.01. The van der Waals surface area contributed by atoms with Crippen LogP contribution in [0.3, 0.4) is 0 Å². The van der Waals surface area contributed by atoms with Crippen molar-refractivity contribution < 1.29 is 13.6 Å². The second-order valence-electron chi connectivity index (χ2n) is 6.24. The van der Waals surface area contributed by atoms with E-state index in [1.165, 1.54) is 12.3 Å². The molecule has 27 heavy (non-hydrogen) atoms. The summed E-state index contributed by atoms with van der Waals surface area (Å²) in [6.07, 6.45) is 1.51. The molecule has 0 saturated carbocycles. The highest BCUT2D eigenvalue weighted by atomic mass is 127. The summed E-state index contributed by atoms with van der Waals surface area (Å²) in [5.74, 6) is 0.861. The van der Waals surface area contributed by atoms with E-state index in [4.69, 9.17) is 4.42 Å². The van der Waals surface area contributed by atoms with Crippen molar-refractivity contribution in [2.45, 2.75) is 13.5 Å². The Morgan fingerprint density at radius 1 is 1.22 bits per heavy atom. The molecule has 146 valence electrons. The van der Waals surface area contributed by atoms with Crippen molar-refractivity contribution >= 4 is 35.8 Å². The van der Waals surface area contributed by atoms with E-state index in [0.717, 1.165) is 11.5 Å². The minimum atomic E-state index is -0.199. The number of halogens is 2. The van der Waals surface area contributed by atoms with E-state index in [-0.39, 0.29) is 35.7 Å². The Balaban J connectivity index is 0.00000261. The lowest BCUT2D eigenvalue weighted by molar-refractivity contribution is 0.0657. The van der Waals surface area contributed by atoms with Gasteiger partial charge in [0.05, 0.1) is 6.26 Å². The summed E-state index contributed by atoms with van der Waals surface area (Å²) < 4.78 is 18.5. The number of carbonyl (C=O) groups excluding carboxylic acids is 1. The molecule has 1 aliphatic rings. The lowest BCUT2D eigenvalue weighted by Crippen LogP contribution is -2.53. The SMILES string of the molecule is CN=C(NCc1ccc(F)c(C)c1)N1CCN(C(=O)c2ccco2)CC1.I. The van der Waals surface area contributed by atoms with Gasteiger partial charge in [0.1, 0.15) is 5.82 Å². The van der Waals surface area contributed by atoms with E-state index in [2.05, 4.69) is 15.2 Å². The van der Waals surface area contributed by atoms with Gasteiger partial charge in [-0.05, 0) is 36.2 Å². The van der Waals surface area contributed by atoms with E-state index in [1.807, 2.05) is 6.07 Å². The van der Waals surface area contributed by atoms with Crippen molar-refractivity contribution in [2.75, 3.05) is 33.2 Å². The molecule has 1 saturated heterocycles. The predicted molar refractivity (Wildman–Crippen MR) is 113 cm³/mol. The van der Waals surface area contributed by atoms with Gasteiger partial charge in [0, 0.05) is 39.8 Å². The maximum Gasteiger partial charge on any atom is 0.289 e. The number of guanidine groups is 1. The number of hydrogen-bond acceptors (Lipinski definition) is 3. The quantitative estimate of drug-likeness (QED) is 0.412. The van der Waals surface area contributed by atoms with E-state index >= 15 is 0 Å². The molecule has 0 aliphatic carbocycles. The first-order chi connectivity index (χ1) is 12.6. The minimum absolute atomic E-state index is 0. The number of rotatable bonds is 3. The van der Waals surface area contributed by atoms with Crippen molar-refractivity contribution in [3.8, 4) is 0 Å². The van der Waals surface area contributed by atoms with Crippen molar-refractivity contribution in [3.05, 3.63) is 59.3 Å². The Morgan fingerprint density at radius 3 is 2.52 bits per heavy atom. The standard InChI is InChI=1S/C19H23FN4O2.HI/c1-14-12-15(5-6-16(14)20)13-22-19(21-2)24-9-7-23(8-10-24)18(25)17-4-3-11-26-17;/h3-6,11-12H,7-10,13H2,1-2H3,(H,21,22);1H. The van der Waals surface area contributed by atoms with Gasteiger partial charge in [-0.1, -0.05) is 12.1 Å². The van der Waals surface area contributed by atoms with Crippen LogP contribution in [-0.2, 0) is 6.54 Å². The molecule has 0 atom stereocenters. The summed E-state index contributed by atoms with van der Waals surface area (Å²) in [4.78, 5) is 20.5. The maximum absolute atomic E-state index is 13.4. The van der Waals surface area contributed by atoms with Crippen LogP contribution in [0, 0.1) is 12.7 Å². The predicted octanol–water partition coefficient (Wildman–Crippen LogP) is 2.88. The van der Waals surface area contributed by atoms with Crippen LogP contribution in [-0.4, -0.2) is 54.9 Å². The fraction of sp³-hybridized carbons (Fsp3) is 0.368. The third-order valence-corrected chi connectivity index (χ3v) is 4.48. The Labute approximate surface area is 175 Å². The number of nitrogens with zero attached hydrogens (tertiary/aromatic N) is 3. The third-order valence-electron chi connectivity index (χ3n) is 4.48. The second-order valence-corrected chi connectivity index (χ2v) is 6.24. The monoisotopic (exact) mass is 486 g/mol. The summed E-state index contributed by atoms with van der Waals surface area (Å²) in [5.41, 5.74) is 1.63. The third kappa shape index (κ3) is 5.21. The average molecular weight is 486 g/mol. The zero-order chi connectivity index (χ0) is 18.5.